The highest BCUT2D eigenvalue weighted by Crippen LogP contribution is 2.21. The summed E-state index contributed by atoms with van der Waals surface area (Å²) in [4.78, 5) is 4.08. The van der Waals surface area contributed by atoms with E-state index in [0.29, 0.717) is 17.4 Å². The van der Waals surface area contributed by atoms with Crippen LogP contribution in [0.3, 0.4) is 0 Å². The molecule has 6 heteroatoms. The lowest BCUT2D eigenvalue weighted by Gasteiger charge is -2.06. The van der Waals surface area contributed by atoms with E-state index in [4.69, 9.17) is 16.3 Å². The standard InChI is InChI=1S/C11H11BrClN3O/c1-7-11(13)9(16(2)15-7)6-17-8-3-4-10(12)14-5-8/h3-5H,6H2,1-2H3. The second kappa shape index (κ2) is 5.06. The average molecular weight is 317 g/mol. The molecule has 0 aliphatic rings. The molecule has 0 spiro atoms. The number of halogens is 2. The van der Waals surface area contributed by atoms with Gasteiger partial charge in [-0.15, -0.1) is 0 Å². The molecule has 0 amide bonds. The Balaban J connectivity index is 2.09. The monoisotopic (exact) mass is 315 g/mol. The molecule has 0 bridgehead atoms. The number of ether oxygens (including phenoxy) is 1. The molecule has 0 atom stereocenters. The lowest BCUT2D eigenvalue weighted by Crippen LogP contribution is -2.03. The van der Waals surface area contributed by atoms with Crippen LogP contribution < -0.4 is 4.74 Å². The van der Waals surface area contributed by atoms with Crippen LogP contribution in [-0.2, 0) is 13.7 Å². The summed E-state index contributed by atoms with van der Waals surface area (Å²) in [6, 6.07) is 3.67. The maximum atomic E-state index is 6.12. The number of hydrogen-bond acceptors (Lipinski definition) is 3. The van der Waals surface area contributed by atoms with Crippen molar-refractivity contribution in [3.63, 3.8) is 0 Å². The van der Waals surface area contributed by atoms with Gasteiger partial charge in [-0.1, -0.05) is 11.6 Å². The molecule has 0 fully saturated rings. The van der Waals surface area contributed by atoms with Gasteiger partial charge in [-0.2, -0.15) is 5.10 Å². The van der Waals surface area contributed by atoms with Crippen LogP contribution in [0.15, 0.2) is 22.9 Å². The third kappa shape index (κ3) is 2.79. The lowest BCUT2D eigenvalue weighted by atomic mass is 10.4. The summed E-state index contributed by atoms with van der Waals surface area (Å²) in [5, 5.41) is 4.87. The number of aromatic nitrogens is 3. The van der Waals surface area contributed by atoms with Gasteiger partial charge in [0.15, 0.2) is 0 Å². The number of nitrogens with zero attached hydrogens (tertiary/aromatic N) is 3. The Bertz CT molecular complexity index is 524. The van der Waals surface area contributed by atoms with E-state index in [-0.39, 0.29) is 0 Å². The first-order chi connectivity index (χ1) is 8.08. The van der Waals surface area contributed by atoms with Crippen LogP contribution in [0.25, 0.3) is 0 Å². The molecule has 0 radical (unpaired) electrons. The van der Waals surface area contributed by atoms with Gasteiger partial charge in [-0.05, 0) is 35.0 Å². The van der Waals surface area contributed by atoms with Crippen molar-refractivity contribution >= 4 is 27.5 Å². The minimum Gasteiger partial charge on any atom is -0.486 e. The Morgan fingerprint density at radius 3 is 2.76 bits per heavy atom. The molecular weight excluding hydrogens is 305 g/mol. The van der Waals surface area contributed by atoms with E-state index >= 15 is 0 Å². The molecule has 0 aliphatic carbocycles. The highest BCUT2D eigenvalue weighted by Gasteiger charge is 2.11. The molecule has 4 nitrogen and oxygen atoms in total. The Morgan fingerprint density at radius 2 is 2.24 bits per heavy atom. The highest BCUT2D eigenvalue weighted by atomic mass is 79.9. The first-order valence-electron chi connectivity index (χ1n) is 5.00. The average Bonchev–Trinajstić information content (AvgIpc) is 2.54. The molecule has 0 aliphatic heterocycles. The molecule has 0 unspecified atom stereocenters. The van der Waals surface area contributed by atoms with Gasteiger partial charge in [-0.25, -0.2) is 4.98 Å². The van der Waals surface area contributed by atoms with Gasteiger partial charge >= 0.3 is 0 Å². The van der Waals surface area contributed by atoms with Crippen LogP contribution in [0.2, 0.25) is 5.02 Å². The van der Waals surface area contributed by atoms with E-state index in [1.54, 1.807) is 10.9 Å². The second-order valence-electron chi connectivity index (χ2n) is 3.57. The number of rotatable bonds is 3. The van der Waals surface area contributed by atoms with E-state index in [1.807, 2.05) is 26.1 Å². The summed E-state index contributed by atoms with van der Waals surface area (Å²) in [6.07, 6.45) is 1.65. The summed E-state index contributed by atoms with van der Waals surface area (Å²) in [5.41, 5.74) is 1.66. The molecule has 0 N–H and O–H groups in total. The predicted octanol–water partition coefficient (Wildman–Crippen LogP) is 3.12. The van der Waals surface area contributed by atoms with Gasteiger partial charge in [0.2, 0.25) is 0 Å². The van der Waals surface area contributed by atoms with Gasteiger partial charge in [-0.3, -0.25) is 4.68 Å². The second-order valence-corrected chi connectivity index (χ2v) is 4.77. The summed E-state index contributed by atoms with van der Waals surface area (Å²) in [6.45, 7) is 2.24. The lowest BCUT2D eigenvalue weighted by molar-refractivity contribution is 0.293. The van der Waals surface area contributed by atoms with E-state index in [1.165, 1.54) is 0 Å². The van der Waals surface area contributed by atoms with Crippen molar-refractivity contribution in [2.45, 2.75) is 13.5 Å². The topological polar surface area (TPSA) is 39.9 Å². The van der Waals surface area contributed by atoms with E-state index in [9.17, 15) is 0 Å². The van der Waals surface area contributed by atoms with Crippen molar-refractivity contribution in [1.29, 1.82) is 0 Å². The molecule has 2 aromatic heterocycles. The largest absolute Gasteiger partial charge is 0.486 e. The predicted molar refractivity (Wildman–Crippen MR) is 69.2 cm³/mol. The van der Waals surface area contributed by atoms with Crippen molar-refractivity contribution in [3.8, 4) is 5.75 Å². The molecule has 0 saturated carbocycles. The highest BCUT2D eigenvalue weighted by molar-refractivity contribution is 9.10. The van der Waals surface area contributed by atoms with Crippen molar-refractivity contribution in [2.75, 3.05) is 0 Å². The summed E-state index contributed by atoms with van der Waals surface area (Å²) >= 11 is 9.39. The van der Waals surface area contributed by atoms with Crippen LogP contribution in [0, 0.1) is 6.92 Å². The quantitative estimate of drug-likeness (QED) is 0.817. The minimum atomic E-state index is 0.374. The smallest absolute Gasteiger partial charge is 0.138 e. The van der Waals surface area contributed by atoms with Crippen molar-refractivity contribution in [3.05, 3.63) is 39.3 Å². The van der Waals surface area contributed by atoms with E-state index in [0.717, 1.165) is 16.0 Å². The fourth-order valence-corrected chi connectivity index (χ4v) is 1.89. The molecule has 0 saturated heterocycles. The van der Waals surface area contributed by atoms with Gasteiger partial charge in [0.05, 0.1) is 22.6 Å². The normalized spacial score (nSPS) is 10.6. The van der Waals surface area contributed by atoms with Crippen molar-refractivity contribution < 1.29 is 4.74 Å². The summed E-state index contributed by atoms with van der Waals surface area (Å²) in [5.74, 6) is 0.697. The van der Waals surface area contributed by atoms with E-state index < -0.39 is 0 Å². The van der Waals surface area contributed by atoms with Gasteiger partial charge in [0.25, 0.3) is 0 Å². The molecule has 2 aromatic rings. The first kappa shape index (κ1) is 12.4. The maximum Gasteiger partial charge on any atom is 0.138 e. The molecule has 2 rings (SSSR count). The Hall–Kier alpha value is -1.07. The number of hydrogen-bond donors (Lipinski definition) is 0. The van der Waals surface area contributed by atoms with Crippen molar-refractivity contribution in [2.24, 2.45) is 7.05 Å². The van der Waals surface area contributed by atoms with Crippen molar-refractivity contribution in [1.82, 2.24) is 14.8 Å². The third-order valence-corrected chi connectivity index (χ3v) is 3.30. The Kier molecular flexibility index (Phi) is 3.69. The van der Waals surface area contributed by atoms with E-state index in [2.05, 4.69) is 26.0 Å². The summed E-state index contributed by atoms with van der Waals surface area (Å²) < 4.78 is 8.10. The fourth-order valence-electron chi connectivity index (χ4n) is 1.44. The SMILES string of the molecule is Cc1nn(C)c(COc2ccc(Br)nc2)c1Cl. The summed E-state index contributed by atoms with van der Waals surface area (Å²) in [7, 11) is 1.84. The first-order valence-corrected chi connectivity index (χ1v) is 6.17. The van der Waals surface area contributed by atoms with Crippen LogP contribution in [0.4, 0.5) is 0 Å². The third-order valence-electron chi connectivity index (χ3n) is 2.34. The maximum absolute atomic E-state index is 6.12. The Labute approximate surface area is 113 Å². The number of aryl methyl sites for hydroxylation is 2. The molecule has 0 aromatic carbocycles. The molecule has 17 heavy (non-hydrogen) atoms. The van der Waals surface area contributed by atoms with Gasteiger partial charge < -0.3 is 4.74 Å². The zero-order chi connectivity index (χ0) is 12.4. The van der Waals surface area contributed by atoms with Crippen LogP contribution in [0.5, 0.6) is 5.75 Å². The molecule has 2 heterocycles. The van der Waals surface area contributed by atoms with Crippen LogP contribution >= 0.6 is 27.5 Å². The number of pyridine rings is 1. The molecular formula is C11H11BrClN3O. The van der Waals surface area contributed by atoms with Gasteiger partial charge in [0, 0.05) is 7.05 Å². The van der Waals surface area contributed by atoms with Crippen LogP contribution in [-0.4, -0.2) is 14.8 Å². The minimum absolute atomic E-state index is 0.374. The zero-order valence-electron chi connectivity index (χ0n) is 9.44. The molecule has 90 valence electrons. The van der Waals surface area contributed by atoms with Gasteiger partial charge in [0.1, 0.15) is 17.0 Å². The Morgan fingerprint density at radius 1 is 1.47 bits per heavy atom. The van der Waals surface area contributed by atoms with Crippen LogP contribution in [0.1, 0.15) is 11.4 Å². The zero-order valence-corrected chi connectivity index (χ0v) is 11.8. The fraction of sp³-hybridized carbons (Fsp3) is 0.273.